The van der Waals surface area contributed by atoms with Crippen LogP contribution >= 0.6 is 22.9 Å². The van der Waals surface area contributed by atoms with E-state index >= 15 is 0 Å². The zero-order chi connectivity index (χ0) is 23.3. The Labute approximate surface area is 196 Å². The maximum atomic E-state index is 12.6. The van der Waals surface area contributed by atoms with E-state index in [1.807, 2.05) is 55.6 Å². The maximum absolute atomic E-state index is 12.6. The third-order valence-corrected chi connectivity index (χ3v) is 6.84. The number of nitrogens with zero attached hydrogens (tertiary/aromatic N) is 2. The van der Waals surface area contributed by atoms with E-state index in [-0.39, 0.29) is 6.54 Å². The van der Waals surface area contributed by atoms with Gasteiger partial charge in [0.25, 0.3) is 11.8 Å². The number of hydrogen-bond acceptors (Lipinski definition) is 6. The van der Waals surface area contributed by atoms with E-state index in [1.54, 1.807) is 0 Å². The molecule has 0 spiro atoms. The second-order valence-corrected chi connectivity index (χ2v) is 9.05. The number of amides is 2. The van der Waals surface area contributed by atoms with Crippen LogP contribution in [0.4, 0.5) is 5.69 Å². The van der Waals surface area contributed by atoms with E-state index in [1.165, 1.54) is 16.2 Å². The van der Waals surface area contributed by atoms with Gasteiger partial charge in [-0.1, -0.05) is 29.8 Å². The number of aliphatic hydroxyl groups excluding tert-OH is 2. The van der Waals surface area contributed by atoms with E-state index in [0.717, 1.165) is 21.7 Å². The van der Waals surface area contributed by atoms with Gasteiger partial charge in [0.05, 0.1) is 17.3 Å². The Balaban J connectivity index is 1.50. The van der Waals surface area contributed by atoms with Crippen LogP contribution in [0.15, 0.2) is 41.8 Å². The first-order valence-corrected chi connectivity index (χ1v) is 11.7. The molecule has 2 amide bonds. The molecule has 2 heterocycles. The van der Waals surface area contributed by atoms with Crippen molar-refractivity contribution < 1.29 is 19.8 Å². The van der Waals surface area contributed by atoms with Crippen LogP contribution in [0.2, 0.25) is 5.02 Å². The van der Waals surface area contributed by atoms with Gasteiger partial charge in [0.2, 0.25) is 0 Å². The van der Waals surface area contributed by atoms with Gasteiger partial charge in [-0.05, 0) is 48.6 Å². The van der Waals surface area contributed by atoms with Gasteiger partial charge in [0.15, 0.2) is 12.2 Å². The van der Waals surface area contributed by atoms with Gasteiger partial charge in [-0.2, -0.15) is 0 Å². The molecule has 2 aromatic rings. The van der Waals surface area contributed by atoms with Crippen molar-refractivity contribution in [2.24, 2.45) is 0 Å². The van der Waals surface area contributed by atoms with E-state index in [9.17, 15) is 19.8 Å². The van der Waals surface area contributed by atoms with Crippen molar-refractivity contribution in [3.8, 4) is 0 Å². The molecule has 2 atom stereocenters. The quantitative estimate of drug-likeness (QED) is 0.569. The van der Waals surface area contributed by atoms with E-state index < -0.39 is 24.0 Å². The van der Waals surface area contributed by atoms with E-state index in [0.29, 0.717) is 31.2 Å². The fourth-order valence-corrected chi connectivity index (χ4v) is 4.61. The van der Waals surface area contributed by atoms with Crippen LogP contribution in [-0.2, 0) is 16.1 Å². The molecule has 0 unspecified atom stereocenters. The second kappa shape index (κ2) is 11.0. The minimum atomic E-state index is -1.83. The topological polar surface area (TPSA) is 93.1 Å². The summed E-state index contributed by atoms with van der Waals surface area (Å²) in [5.41, 5.74) is 3.10. The van der Waals surface area contributed by atoms with Crippen LogP contribution in [-0.4, -0.2) is 65.3 Å². The lowest BCUT2D eigenvalue weighted by atomic mass is 10.1. The van der Waals surface area contributed by atoms with Gasteiger partial charge >= 0.3 is 0 Å². The standard InChI is InChI=1S/C23H28ClN3O4S/c1-3-15(2)16-12-17(32-14-16)13-25-22(30)20(28)21(29)23(31)27-10-8-26(9-11-27)19-7-5-4-6-18(19)24/h3-7,12,14,20-21,28-29H,8-11,13H2,1-2H3,(H,25,30)/t20-,21-/m1/s1. The first kappa shape index (κ1) is 24.3. The number of piperazine rings is 1. The number of para-hydroxylation sites is 1. The predicted octanol–water partition coefficient (Wildman–Crippen LogP) is 2.51. The highest BCUT2D eigenvalue weighted by molar-refractivity contribution is 7.10. The summed E-state index contributed by atoms with van der Waals surface area (Å²) in [7, 11) is 0. The monoisotopic (exact) mass is 477 g/mol. The molecular weight excluding hydrogens is 450 g/mol. The highest BCUT2D eigenvalue weighted by Gasteiger charge is 2.34. The lowest BCUT2D eigenvalue weighted by Crippen LogP contribution is -2.55. The van der Waals surface area contributed by atoms with Gasteiger partial charge in [0.1, 0.15) is 0 Å². The molecule has 1 fully saturated rings. The summed E-state index contributed by atoms with van der Waals surface area (Å²) >= 11 is 7.73. The number of benzene rings is 1. The van der Waals surface area contributed by atoms with Gasteiger partial charge in [-0.15, -0.1) is 11.3 Å². The summed E-state index contributed by atoms with van der Waals surface area (Å²) in [6.07, 6.45) is -1.64. The van der Waals surface area contributed by atoms with Crippen LogP contribution in [0, 0.1) is 0 Å². The molecular formula is C23H28ClN3O4S. The molecule has 3 N–H and O–H groups in total. The first-order valence-electron chi connectivity index (χ1n) is 10.4. The Hall–Kier alpha value is -2.39. The zero-order valence-corrected chi connectivity index (χ0v) is 19.7. The zero-order valence-electron chi connectivity index (χ0n) is 18.1. The summed E-state index contributed by atoms with van der Waals surface area (Å²) in [4.78, 5) is 29.4. The number of allylic oxidation sites excluding steroid dienone is 2. The van der Waals surface area contributed by atoms with Crippen molar-refractivity contribution in [1.82, 2.24) is 10.2 Å². The van der Waals surface area contributed by atoms with Crippen molar-refractivity contribution in [3.63, 3.8) is 0 Å². The summed E-state index contributed by atoms with van der Waals surface area (Å²) in [6, 6.07) is 9.45. The largest absolute Gasteiger partial charge is 0.380 e. The average molecular weight is 478 g/mol. The van der Waals surface area contributed by atoms with Gasteiger partial charge in [-0.25, -0.2) is 0 Å². The Morgan fingerprint density at radius 2 is 1.88 bits per heavy atom. The van der Waals surface area contributed by atoms with Gasteiger partial charge in [-0.3, -0.25) is 9.59 Å². The van der Waals surface area contributed by atoms with Crippen molar-refractivity contribution in [1.29, 1.82) is 0 Å². The highest BCUT2D eigenvalue weighted by atomic mass is 35.5. The van der Waals surface area contributed by atoms with E-state index in [4.69, 9.17) is 11.6 Å². The van der Waals surface area contributed by atoms with Crippen LogP contribution in [0.3, 0.4) is 0 Å². The average Bonchev–Trinajstić information content (AvgIpc) is 3.30. The summed E-state index contributed by atoms with van der Waals surface area (Å²) in [6.45, 7) is 5.97. The third kappa shape index (κ3) is 5.69. The number of carbonyl (C=O) groups is 2. The lowest BCUT2D eigenvalue weighted by molar-refractivity contribution is -0.153. The maximum Gasteiger partial charge on any atom is 0.254 e. The molecule has 32 heavy (non-hydrogen) atoms. The fraction of sp³-hybridized carbons (Fsp3) is 0.391. The fourth-order valence-electron chi connectivity index (χ4n) is 3.47. The summed E-state index contributed by atoms with van der Waals surface area (Å²) in [5, 5.41) is 25.7. The second-order valence-electron chi connectivity index (χ2n) is 7.64. The summed E-state index contributed by atoms with van der Waals surface area (Å²) < 4.78 is 0. The number of carbonyl (C=O) groups excluding carboxylic acids is 2. The molecule has 0 bridgehead atoms. The SMILES string of the molecule is CC=C(C)c1csc(CNC(=O)[C@H](O)[C@@H](O)C(=O)N2CCN(c3ccccc3Cl)CC2)c1. The van der Waals surface area contributed by atoms with Gasteiger partial charge in [0, 0.05) is 31.1 Å². The molecule has 0 aliphatic carbocycles. The third-order valence-electron chi connectivity index (χ3n) is 5.58. The number of aliphatic hydroxyl groups is 2. The minimum absolute atomic E-state index is 0.217. The molecule has 0 radical (unpaired) electrons. The normalized spacial score (nSPS) is 16.6. The van der Waals surface area contributed by atoms with E-state index in [2.05, 4.69) is 10.2 Å². The smallest absolute Gasteiger partial charge is 0.254 e. The molecule has 9 heteroatoms. The Bertz CT molecular complexity index is 985. The number of anilines is 1. The number of nitrogens with one attached hydrogen (secondary N) is 1. The number of thiophene rings is 1. The predicted molar refractivity (Wildman–Crippen MR) is 128 cm³/mol. The Morgan fingerprint density at radius 1 is 1.19 bits per heavy atom. The molecule has 1 aliphatic rings. The first-order chi connectivity index (χ1) is 15.3. The highest BCUT2D eigenvalue weighted by Crippen LogP contribution is 2.26. The number of hydrogen-bond donors (Lipinski definition) is 3. The molecule has 1 aliphatic heterocycles. The molecule has 7 nitrogen and oxygen atoms in total. The van der Waals surface area contributed by atoms with Crippen LogP contribution in [0.5, 0.6) is 0 Å². The molecule has 3 rings (SSSR count). The van der Waals surface area contributed by atoms with Crippen molar-refractivity contribution in [2.75, 3.05) is 31.1 Å². The Morgan fingerprint density at radius 3 is 2.53 bits per heavy atom. The molecule has 0 saturated carbocycles. The van der Waals surface area contributed by atoms with Crippen LogP contribution in [0.1, 0.15) is 24.3 Å². The molecule has 1 aromatic heterocycles. The van der Waals surface area contributed by atoms with Crippen LogP contribution in [0.25, 0.3) is 5.57 Å². The van der Waals surface area contributed by atoms with Gasteiger partial charge < -0.3 is 25.3 Å². The van der Waals surface area contributed by atoms with Crippen molar-refractivity contribution in [3.05, 3.63) is 57.3 Å². The number of rotatable bonds is 7. The molecule has 172 valence electrons. The van der Waals surface area contributed by atoms with Crippen molar-refractivity contribution >= 4 is 46.0 Å². The summed E-state index contributed by atoms with van der Waals surface area (Å²) in [5.74, 6) is -1.44. The van der Waals surface area contributed by atoms with Crippen LogP contribution < -0.4 is 10.2 Å². The number of halogens is 1. The van der Waals surface area contributed by atoms with Crippen molar-refractivity contribution in [2.45, 2.75) is 32.6 Å². The Kier molecular flexibility index (Phi) is 8.31. The molecule has 1 saturated heterocycles. The molecule has 1 aromatic carbocycles. The lowest BCUT2D eigenvalue weighted by Gasteiger charge is -2.37. The minimum Gasteiger partial charge on any atom is -0.380 e.